The Balaban J connectivity index is 2.77. The predicted molar refractivity (Wildman–Crippen MR) is 72.6 cm³/mol. The minimum Gasteiger partial charge on any atom is -0.259 e. The largest absolute Gasteiger partial charge is 0.389 e. The third-order valence-corrected chi connectivity index (χ3v) is 6.80. The summed E-state index contributed by atoms with van der Waals surface area (Å²) in [6, 6.07) is 0. The molecule has 0 aromatic carbocycles. The summed E-state index contributed by atoms with van der Waals surface area (Å²) in [6.07, 6.45) is -6.27. The third kappa shape index (κ3) is 6.36. The summed E-state index contributed by atoms with van der Waals surface area (Å²) in [5.41, 5.74) is 0.00277. The van der Waals surface area contributed by atoms with Crippen LogP contribution in [0.5, 0.6) is 0 Å². The van der Waals surface area contributed by atoms with Gasteiger partial charge in [0.1, 0.15) is 0 Å². The Morgan fingerprint density at radius 3 is 2.29 bits per heavy atom. The average Bonchev–Trinajstić information content (AvgIpc) is 2.55. The zero-order valence-corrected chi connectivity index (χ0v) is 13.6. The van der Waals surface area contributed by atoms with Crippen LogP contribution in [0.25, 0.3) is 0 Å². The Morgan fingerprint density at radius 1 is 1.29 bits per heavy atom. The normalized spacial score (nSPS) is 13.4. The van der Waals surface area contributed by atoms with E-state index in [9.17, 15) is 30.0 Å². The van der Waals surface area contributed by atoms with Crippen molar-refractivity contribution in [2.45, 2.75) is 30.2 Å². The zero-order chi connectivity index (χ0) is 16.5. The van der Waals surface area contributed by atoms with Crippen LogP contribution in [0.2, 0.25) is 0 Å². The van der Waals surface area contributed by atoms with Gasteiger partial charge in [-0.05, 0) is 13.3 Å². The zero-order valence-electron chi connectivity index (χ0n) is 10.4. The lowest BCUT2D eigenvalue weighted by Gasteiger charge is -2.07. The second-order valence-electron chi connectivity index (χ2n) is 3.97. The van der Waals surface area contributed by atoms with Crippen molar-refractivity contribution in [1.29, 1.82) is 0 Å². The van der Waals surface area contributed by atoms with Crippen molar-refractivity contribution in [3.8, 4) is 0 Å². The lowest BCUT2D eigenvalue weighted by molar-refractivity contribution is -0.134. The Morgan fingerprint density at radius 2 is 1.86 bits per heavy atom. The number of hydrogen-bond acceptors (Lipinski definition) is 6. The van der Waals surface area contributed by atoms with E-state index in [4.69, 9.17) is 10.7 Å². The first-order valence-corrected chi connectivity index (χ1v) is 10.1. The van der Waals surface area contributed by atoms with Crippen molar-refractivity contribution in [3.05, 3.63) is 5.69 Å². The summed E-state index contributed by atoms with van der Waals surface area (Å²) in [5, 5.41) is -0.265. The van der Waals surface area contributed by atoms with Crippen LogP contribution in [-0.2, 0) is 19.1 Å². The minimum atomic E-state index is -4.44. The molecular weight excluding hydrogens is 377 g/mol. The van der Waals surface area contributed by atoms with E-state index in [1.54, 1.807) is 0 Å². The molecule has 1 aromatic heterocycles. The summed E-state index contributed by atoms with van der Waals surface area (Å²) in [5.74, 6) is -0.756. The van der Waals surface area contributed by atoms with Crippen molar-refractivity contribution in [1.82, 2.24) is 4.98 Å². The SMILES string of the molecule is Cc1nc(NS(=O)(=O)CCCC(F)(F)F)sc1S(=O)(=O)Cl. The average molecular weight is 387 g/mol. The maximum Gasteiger partial charge on any atom is 0.389 e. The molecule has 0 radical (unpaired) electrons. The monoisotopic (exact) mass is 386 g/mol. The smallest absolute Gasteiger partial charge is 0.259 e. The number of rotatable bonds is 6. The molecule has 1 rings (SSSR count). The first-order valence-electron chi connectivity index (χ1n) is 5.29. The second-order valence-corrected chi connectivity index (χ2v) is 9.57. The van der Waals surface area contributed by atoms with E-state index >= 15 is 0 Å². The van der Waals surface area contributed by atoms with Gasteiger partial charge in [0.05, 0.1) is 11.4 Å². The number of thiazole rings is 1. The molecule has 6 nitrogen and oxygen atoms in total. The lowest BCUT2D eigenvalue weighted by atomic mass is 10.3. The molecule has 0 saturated heterocycles. The van der Waals surface area contributed by atoms with E-state index < -0.39 is 43.8 Å². The Bertz CT molecular complexity index is 712. The highest BCUT2D eigenvalue weighted by Crippen LogP contribution is 2.30. The fraction of sp³-hybridized carbons (Fsp3) is 0.625. The van der Waals surface area contributed by atoms with E-state index in [0.717, 1.165) is 0 Å². The molecule has 0 fully saturated rings. The second kappa shape index (κ2) is 6.26. The summed E-state index contributed by atoms with van der Waals surface area (Å²) in [6.45, 7) is 1.31. The van der Waals surface area contributed by atoms with Gasteiger partial charge in [-0.15, -0.1) is 0 Å². The fourth-order valence-electron chi connectivity index (χ4n) is 1.30. The van der Waals surface area contributed by atoms with Crippen LogP contribution in [0, 0.1) is 6.92 Å². The van der Waals surface area contributed by atoms with Crippen LogP contribution in [0.3, 0.4) is 0 Å². The molecule has 21 heavy (non-hydrogen) atoms. The molecule has 1 N–H and O–H groups in total. The number of anilines is 1. The molecular formula is C8H10ClF3N2O4S3. The van der Waals surface area contributed by atoms with Gasteiger partial charge in [0.15, 0.2) is 9.34 Å². The van der Waals surface area contributed by atoms with Crippen LogP contribution in [-0.4, -0.2) is 33.7 Å². The van der Waals surface area contributed by atoms with E-state index in [2.05, 4.69) is 4.98 Å². The number of alkyl halides is 3. The molecule has 0 amide bonds. The van der Waals surface area contributed by atoms with Crippen molar-refractivity contribution >= 4 is 46.2 Å². The molecule has 1 aromatic rings. The first-order chi connectivity index (χ1) is 9.30. The molecule has 0 unspecified atom stereocenters. The number of hydrogen-bond donors (Lipinski definition) is 1. The summed E-state index contributed by atoms with van der Waals surface area (Å²) < 4.78 is 82.8. The van der Waals surface area contributed by atoms with Crippen LogP contribution in [0.15, 0.2) is 4.21 Å². The molecule has 0 aliphatic heterocycles. The molecule has 0 spiro atoms. The van der Waals surface area contributed by atoms with Crippen molar-refractivity contribution in [3.63, 3.8) is 0 Å². The van der Waals surface area contributed by atoms with Gasteiger partial charge in [-0.3, -0.25) is 4.72 Å². The van der Waals surface area contributed by atoms with Gasteiger partial charge in [0.2, 0.25) is 10.0 Å². The van der Waals surface area contributed by atoms with Gasteiger partial charge in [-0.25, -0.2) is 21.8 Å². The van der Waals surface area contributed by atoms with Gasteiger partial charge >= 0.3 is 6.18 Å². The Kier molecular flexibility index (Phi) is 5.51. The third-order valence-electron chi connectivity index (χ3n) is 2.09. The number of halogens is 4. The van der Waals surface area contributed by atoms with Crippen LogP contribution >= 0.6 is 22.0 Å². The van der Waals surface area contributed by atoms with Crippen LogP contribution in [0.4, 0.5) is 18.3 Å². The number of sulfonamides is 1. The van der Waals surface area contributed by atoms with Crippen LogP contribution < -0.4 is 4.72 Å². The minimum absolute atomic E-state index is 0.00277. The summed E-state index contributed by atoms with van der Waals surface area (Å²) >= 11 is 0.489. The topological polar surface area (TPSA) is 93.2 Å². The van der Waals surface area contributed by atoms with Crippen molar-refractivity contribution in [2.75, 3.05) is 10.5 Å². The number of nitrogens with zero attached hydrogens (tertiary/aromatic N) is 1. The summed E-state index contributed by atoms with van der Waals surface area (Å²) in [7, 11) is -2.98. The van der Waals surface area contributed by atoms with Gasteiger partial charge in [0.25, 0.3) is 9.05 Å². The van der Waals surface area contributed by atoms with Crippen LogP contribution in [0.1, 0.15) is 18.5 Å². The molecule has 122 valence electrons. The predicted octanol–water partition coefficient (Wildman–Crippen LogP) is 2.46. The highest BCUT2D eigenvalue weighted by atomic mass is 35.7. The number of aromatic nitrogens is 1. The molecule has 13 heteroatoms. The quantitative estimate of drug-likeness (QED) is 0.758. The van der Waals surface area contributed by atoms with Gasteiger partial charge in [0, 0.05) is 17.1 Å². The maximum atomic E-state index is 11.9. The van der Waals surface area contributed by atoms with Gasteiger partial charge in [-0.1, -0.05) is 11.3 Å². The maximum absolute atomic E-state index is 11.9. The molecule has 0 saturated carbocycles. The molecule has 0 aliphatic carbocycles. The number of nitrogens with one attached hydrogen (secondary N) is 1. The molecule has 0 aliphatic rings. The highest BCUT2D eigenvalue weighted by Gasteiger charge is 2.28. The first kappa shape index (κ1) is 18.5. The summed E-state index contributed by atoms with van der Waals surface area (Å²) in [4.78, 5) is 3.66. The Hall–Kier alpha value is -0.590. The van der Waals surface area contributed by atoms with E-state index in [0.29, 0.717) is 11.3 Å². The molecule has 0 bridgehead atoms. The number of aryl methyl sites for hydroxylation is 1. The molecule has 1 heterocycles. The van der Waals surface area contributed by atoms with E-state index in [-0.39, 0.29) is 15.0 Å². The van der Waals surface area contributed by atoms with Crippen molar-refractivity contribution in [2.24, 2.45) is 0 Å². The lowest BCUT2D eigenvalue weighted by Crippen LogP contribution is -2.18. The standard InChI is InChI=1S/C8H10ClF3N2O4S3/c1-5-6(21(9,17)18)19-7(13-5)14-20(15,16)4-2-3-8(10,11)12/h2-4H2,1H3,(H,13,14). The van der Waals surface area contributed by atoms with E-state index in [1.165, 1.54) is 6.92 Å². The fourth-order valence-corrected chi connectivity index (χ4v) is 4.99. The van der Waals surface area contributed by atoms with Gasteiger partial charge < -0.3 is 0 Å². The van der Waals surface area contributed by atoms with E-state index in [1.807, 2.05) is 4.72 Å². The molecule has 0 atom stereocenters. The van der Waals surface area contributed by atoms with Crippen molar-refractivity contribution < 1.29 is 30.0 Å². The highest BCUT2D eigenvalue weighted by molar-refractivity contribution is 8.15. The Labute approximate surface area is 127 Å². The van der Waals surface area contributed by atoms with Gasteiger partial charge in [-0.2, -0.15) is 13.2 Å².